The monoisotopic (exact) mass is 186 g/mol. The summed E-state index contributed by atoms with van der Waals surface area (Å²) in [6, 6.07) is 0. The fraction of sp³-hybridized carbons (Fsp3) is 0.286. The Morgan fingerprint density at radius 1 is 1.14 bits per heavy atom. The summed E-state index contributed by atoms with van der Waals surface area (Å²) >= 11 is 0. The maximum absolute atomic E-state index is 3.87. The minimum atomic E-state index is 1.03. The van der Waals surface area contributed by atoms with Gasteiger partial charge in [0, 0.05) is 0 Å². The molecule has 0 spiro atoms. The quantitative estimate of drug-likeness (QED) is 0.601. The van der Waals surface area contributed by atoms with E-state index < -0.39 is 0 Å². The van der Waals surface area contributed by atoms with Crippen LogP contribution in [0.2, 0.25) is 0 Å². The van der Waals surface area contributed by atoms with Crippen LogP contribution in [0.15, 0.2) is 59.3 Å². The van der Waals surface area contributed by atoms with Gasteiger partial charge in [0.15, 0.2) is 0 Å². The predicted octanol–water partition coefficient (Wildman–Crippen LogP) is 4.34. The molecule has 0 saturated heterocycles. The topological polar surface area (TPSA) is 0 Å². The van der Waals surface area contributed by atoms with Crippen molar-refractivity contribution in [3.05, 3.63) is 59.3 Å². The molecule has 14 heavy (non-hydrogen) atoms. The molecule has 1 aliphatic carbocycles. The first kappa shape index (κ1) is 10.8. The molecule has 0 atom stereocenters. The van der Waals surface area contributed by atoms with Crippen molar-refractivity contribution in [2.24, 2.45) is 0 Å². The van der Waals surface area contributed by atoms with E-state index in [9.17, 15) is 0 Å². The van der Waals surface area contributed by atoms with E-state index in [1.165, 1.54) is 22.3 Å². The molecule has 0 bridgehead atoms. The predicted molar refractivity (Wildman–Crippen MR) is 64.2 cm³/mol. The van der Waals surface area contributed by atoms with Crippen molar-refractivity contribution < 1.29 is 0 Å². The van der Waals surface area contributed by atoms with Crippen LogP contribution in [0.4, 0.5) is 0 Å². The van der Waals surface area contributed by atoms with E-state index >= 15 is 0 Å². The maximum Gasteiger partial charge on any atom is -0.00171 e. The highest BCUT2D eigenvalue weighted by Crippen LogP contribution is 2.37. The molecule has 0 saturated carbocycles. The van der Waals surface area contributed by atoms with Crippen LogP contribution in [-0.2, 0) is 0 Å². The van der Waals surface area contributed by atoms with Gasteiger partial charge in [0.2, 0.25) is 0 Å². The Balaban J connectivity index is 3.23. The van der Waals surface area contributed by atoms with E-state index in [-0.39, 0.29) is 0 Å². The Hall–Kier alpha value is -1.30. The van der Waals surface area contributed by atoms with Gasteiger partial charge in [-0.2, -0.15) is 0 Å². The van der Waals surface area contributed by atoms with E-state index in [2.05, 4.69) is 51.7 Å². The number of rotatable bonds is 2. The lowest BCUT2D eigenvalue weighted by atomic mass is 10.0. The summed E-state index contributed by atoms with van der Waals surface area (Å²) in [7, 11) is 0. The fourth-order valence-corrected chi connectivity index (χ4v) is 1.89. The molecular weight excluding hydrogens is 168 g/mol. The van der Waals surface area contributed by atoms with Crippen LogP contribution in [0.1, 0.15) is 27.2 Å². The lowest BCUT2D eigenvalue weighted by Crippen LogP contribution is -1.82. The highest BCUT2D eigenvalue weighted by atomic mass is 14.2. The van der Waals surface area contributed by atoms with Gasteiger partial charge in [-0.1, -0.05) is 37.0 Å². The molecule has 0 unspecified atom stereocenters. The molecule has 0 aliphatic heterocycles. The van der Waals surface area contributed by atoms with Crippen LogP contribution < -0.4 is 0 Å². The molecule has 0 aromatic heterocycles. The average molecular weight is 186 g/mol. The number of hydrogen-bond donors (Lipinski definition) is 0. The molecule has 0 heteroatoms. The Kier molecular flexibility index (Phi) is 3.70. The average Bonchev–Trinajstić information content (AvgIpc) is 2.56. The highest BCUT2D eigenvalue weighted by molar-refractivity contribution is 5.62. The number of allylic oxidation sites excluding steroid dienone is 9. The van der Waals surface area contributed by atoms with Gasteiger partial charge in [-0.3, -0.25) is 0 Å². The second kappa shape index (κ2) is 4.80. The SMILES string of the molecule is C=CC1=C(/C=C\C)C(=C/C)/C(=C\C)C1. The van der Waals surface area contributed by atoms with Crippen molar-refractivity contribution in [1.29, 1.82) is 0 Å². The van der Waals surface area contributed by atoms with Crippen molar-refractivity contribution in [3.63, 3.8) is 0 Å². The molecule has 0 radical (unpaired) electrons. The maximum atomic E-state index is 3.87. The van der Waals surface area contributed by atoms with Crippen molar-refractivity contribution in [1.82, 2.24) is 0 Å². The third-order valence-corrected chi connectivity index (χ3v) is 2.58. The lowest BCUT2D eigenvalue weighted by molar-refractivity contribution is 1.24. The molecule has 0 fully saturated rings. The van der Waals surface area contributed by atoms with Gasteiger partial charge in [0.05, 0.1) is 0 Å². The summed E-state index contributed by atoms with van der Waals surface area (Å²) in [5, 5.41) is 0. The zero-order valence-corrected chi connectivity index (χ0v) is 9.30. The van der Waals surface area contributed by atoms with Gasteiger partial charge >= 0.3 is 0 Å². The molecule has 0 aromatic rings. The molecule has 1 aliphatic rings. The molecule has 1 rings (SSSR count). The van der Waals surface area contributed by atoms with Crippen molar-refractivity contribution in [3.8, 4) is 0 Å². The largest absolute Gasteiger partial charge is 0.0988 e. The molecule has 0 aromatic carbocycles. The normalized spacial score (nSPS) is 23.1. The summed E-state index contributed by atoms with van der Waals surface area (Å²) in [6.45, 7) is 10.1. The van der Waals surface area contributed by atoms with Crippen molar-refractivity contribution >= 4 is 0 Å². The second-order valence-corrected chi connectivity index (χ2v) is 3.34. The van der Waals surface area contributed by atoms with Crippen molar-refractivity contribution in [2.45, 2.75) is 27.2 Å². The Labute approximate surface area is 87.0 Å². The van der Waals surface area contributed by atoms with Gasteiger partial charge in [-0.15, -0.1) is 0 Å². The summed E-state index contributed by atoms with van der Waals surface area (Å²) in [6.07, 6.45) is 11.6. The Bertz CT molecular complexity index is 346. The van der Waals surface area contributed by atoms with Crippen molar-refractivity contribution in [2.75, 3.05) is 0 Å². The van der Waals surface area contributed by atoms with Gasteiger partial charge in [0.25, 0.3) is 0 Å². The van der Waals surface area contributed by atoms with Gasteiger partial charge < -0.3 is 0 Å². The van der Waals surface area contributed by atoms with Crippen LogP contribution >= 0.6 is 0 Å². The molecule has 0 N–H and O–H groups in total. The molecule has 0 nitrogen and oxygen atoms in total. The minimum Gasteiger partial charge on any atom is -0.0988 e. The minimum absolute atomic E-state index is 1.03. The van der Waals surface area contributed by atoms with Crippen LogP contribution in [-0.4, -0.2) is 0 Å². The standard InChI is InChI=1S/C14H18/c1-5-9-14-12(7-3)10-11(6-2)13(14)8-4/h5-9H,3,10H2,1-2,4H3/b9-5-,11-6-,13-8+. The third-order valence-electron chi connectivity index (χ3n) is 2.58. The second-order valence-electron chi connectivity index (χ2n) is 3.34. The third kappa shape index (κ3) is 1.79. The fourth-order valence-electron chi connectivity index (χ4n) is 1.89. The van der Waals surface area contributed by atoms with Crippen LogP contribution in [0, 0.1) is 0 Å². The zero-order chi connectivity index (χ0) is 10.6. The van der Waals surface area contributed by atoms with Gasteiger partial charge in [-0.05, 0) is 49.5 Å². The summed E-state index contributed by atoms with van der Waals surface area (Å²) in [4.78, 5) is 0. The smallest absolute Gasteiger partial charge is 0.00171 e. The first-order valence-corrected chi connectivity index (χ1v) is 5.09. The molecular formula is C14H18. The van der Waals surface area contributed by atoms with E-state index in [1.807, 2.05) is 6.08 Å². The highest BCUT2D eigenvalue weighted by Gasteiger charge is 2.18. The molecule has 0 amide bonds. The Morgan fingerprint density at radius 3 is 2.29 bits per heavy atom. The summed E-state index contributed by atoms with van der Waals surface area (Å²) in [5.74, 6) is 0. The van der Waals surface area contributed by atoms with Gasteiger partial charge in [-0.25, -0.2) is 0 Å². The van der Waals surface area contributed by atoms with E-state index in [0.717, 1.165) is 6.42 Å². The lowest BCUT2D eigenvalue weighted by Gasteiger charge is -2.01. The first-order chi connectivity index (χ1) is 6.78. The van der Waals surface area contributed by atoms with E-state index in [1.54, 1.807) is 0 Å². The summed E-state index contributed by atoms with van der Waals surface area (Å²) < 4.78 is 0. The zero-order valence-electron chi connectivity index (χ0n) is 9.30. The van der Waals surface area contributed by atoms with Gasteiger partial charge in [0.1, 0.15) is 0 Å². The molecule has 74 valence electrons. The Morgan fingerprint density at radius 2 is 1.86 bits per heavy atom. The first-order valence-electron chi connectivity index (χ1n) is 5.09. The van der Waals surface area contributed by atoms with E-state index in [4.69, 9.17) is 0 Å². The molecule has 0 heterocycles. The number of hydrogen-bond acceptors (Lipinski definition) is 0. The van der Waals surface area contributed by atoms with Crippen LogP contribution in [0.3, 0.4) is 0 Å². The van der Waals surface area contributed by atoms with E-state index in [0.29, 0.717) is 0 Å². The van der Waals surface area contributed by atoms with Crippen LogP contribution in [0.5, 0.6) is 0 Å². The summed E-state index contributed by atoms with van der Waals surface area (Å²) in [5.41, 5.74) is 5.44. The van der Waals surface area contributed by atoms with Crippen LogP contribution in [0.25, 0.3) is 0 Å².